The van der Waals surface area contributed by atoms with Gasteiger partial charge in [-0.05, 0) is 55.3 Å². The summed E-state index contributed by atoms with van der Waals surface area (Å²) in [7, 11) is 1.68. The Morgan fingerprint density at radius 3 is 2.66 bits per heavy atom. The number of hydrogen-bond donors (Lipinski definition) is 1. The topological polar surface area (TPSA) is 72.3 Å². The molecular formula is C25H23N5O2. The average Bonchev–Trinajstić information content (AvgIpc) is 3.35. The van der Waals surface area contributed by atoms with Crippen molar-refractivity contribution in [3.63, 3.8) is 0 Å². The van der Waals surface area contributed by atoms with Crippen LogP contribution in [-0.4, -0.2) is 45.5 Å². The van der Waals surface area contributed by atoms with E-state index in [4.69, 9.17) is 4.74 Å². The highest BCUT2D eigenvalue weighted by Crippen LogP contribution is 2.44. The number of rotatable bonds is 2. The Bertz CT molecular complexity index is 1340. The lowest BCUT2D eigenvalue weighted by Crippen LogP contribution is -2.51. The molecule has 1 N–H and O–H groups in total. The number of amides is 1. The molecule has 1 saturated heterocycles. The van der Waals surface area contributed by atoms with Crippen LogP contribution >= 0.6 is 0 Å². The molecule has 2 aliphatic rings. The van der Waals surface area contributed by atoms with Gasteiger partial charge in [-0.15, -0.1) is 0 Å². The first-order chi connectivity index (χ1) is 15.7. The zero-order valence-corrected chi connectivity index (χ0v) is 17.8. The smallest absolute Gasteiger partial charge is 0.253 e. The molecule has 0 radical (unpaired) electrons. The molecule has 7 heteroatoms. The maximum Gasteiger partial charge on any atom is 0.253 e. The standard InChI is InChI=1S/C25H23N5O2/c1-32-18-5-7-22-21(16-18)28-25(23-3-2-12-30(22)23)8-13-29(14-9-25)24(31)17-4-6-19-20(15-17)27-11-10-26-19/h2-7,10-12,15-16,28H,8-9,13-14H2,1H3. The van der Waals surface area contributed by atoms with E-state index in [0.717, 1.165) is 41.0 Å². The molecule has 0 unspecified atom stereocenters. The average molecular weight is 425 g/mol. The molecule has 0 bridgehead atoms. The fourth-order valence-corrected chi connectivity index (χ4v) is 5.01. The number of likely N-dealkylation sites (tertiary alicyclic amines) is 1. The molecule has 0 saturated carbocycles. The minimum atomic E-state index is -0.214. The first-order valence-electron chi connectivity index (χ1n) is 10.8. The number of ether oxygens (including phenoxy) is 1. The van der Waals surface area contributed by atoms with Crippen molar-refractivity contribution in [3.8, 4) is 11.4 Å². The van der Waals surface area contributed by atoms with Crippen LogP contribution in [0.4, 0.5) is 5.69 Å². The molecule has 1 spiro atoms. The van der Waals surface area contributed by atoms with Crippen LogP contribution in [0.25, 0.3) is 16.7 Å². The Hall–Kier alpha value is -3.87. The summed E-state index contributed by atoms with van der Waals surface area (Å²) in [5.74, 6) is 0.870. The molecule has 1 fully saturated rings. The van der Waals surface area contributed by atoms with E-state index >= 15 is 0 Å². The molecule has 2 aromatic carbocycles. The Morgan fingerprint density at radius 1 is 1.03 bits per heavy atom. The van der Waals surface area contributed by atoms with E-state index in [1.165, 1.54) is 5.69 Å². The van der Waals surface area contributed by atoms with Crippen LogP contribution in [0.2, 0.25) is 0 Å². The molecule has 0 atom stereocenters. The summed E-state index contributed by atoms with van der Waals surface area (Å²) >= 11 is 0. The lowest BCUT2D eigenvalue weighted by atomic mass is 9.82. The summed E-state index contributed by atoms with van der Waals surface area (Å²) in [6.07, 6.45) is 7.07. The van der Waals surface area contributed by atoms with Crippen LogP contribution < -0.4 is 10.1 Å². The number of carbonyl (C=O) groups excluding carboxylic acids is 1. The van der Waals surface area contributed by atoms with Gasteiger partial charge in [0, 0.05) is 49.0 Å². The highest BCUT2D eigenvalue weighted by Gasteiger charge is 2.42. The van der Waals surface area contributed by atoms with Gasteiger partial charge in [-0.2, -0.15) is 0 Å². The number of aromatic nitrogens is 3. The van der Waals surface area contributed by atoms with E-state index < -0.39 is 0 Å². The van der Waals surface area contributed by atoms with Gasteiger partial charge in [0.05, 0.1) is 35.1 Å². The zero-order chi connectivity index (χ0) is 21.7. The predicted octanol–water partition coefficient (Wildman–Crippen LogP) is 3.99. The van der Waals surface area contributed by atoms with Crippen molar-refractivity contribution in [2.24, 2.45) is 0 Å². The minimum Gasteiger partial charge on any atom is -0.497 e. The predicted molar refractivity (Wildman–Crippen MR) is 122 cm³/mol. The summed E-state index contributed by atoms with van der Waals surface area (Å²) < 4.78 is 7.70. The van der Waals surface area contributed by atoms with Gasteiger partial charge in [0.2, 0.25) is 0 Å². The van der Waals surface area contributed by atoms with Crippen molar-refractivity contribution >= 4 is 22.6 Å². The molecule has 2 aromatic heterocycles. The number of nitrogens with one attached hydrogen (secondary N) is 1. The number of carbonyl (C=O) groups is 1. The second-order valence-electron chi connectivity index (χ2n) is 8.41. The Balaban J connectivity index is 1.27. The van der Waals surface area contributed by atoms with Crippen LogP contribution in [0.1, 0.15) is 28.9 Å². The summed E-state index contributed by atoms with van der Waals surface area (Å²) in [6.45, 7) is 1.35. The van der Waals surface area contributed by atoms with E-state index in [-0.39, 0.29) is 11.4 Å². The van der Waals surface area contributed by atoms with Gasteiger partial charge >= 0.3 is 0 Å². The maximum absolute atomic E-state index is 13.2. The van der Waals surface area contributed by atoms with E-state index in [0.29, 0.717) is 18.7 Å². The fourth-order valence-electron chi connectivity index (χ4n) is 5.01. The second-order valence-corrected chi connectivity index (χ2v) is 8.41. The van der Waals surface area contributed by atoms with Gasteiger partial charge in [0.25, 0.3) is 5.91 Å². The molecule has 0 aliphatic carbocycles. The number of nitrogens with zero attached hydrogens (tertiary/aromatic N) is 4. The van der Waals surface area contributed by atoms with E-state index in [1.54, 1.807) is 19.5 Å². The summed E-state index contributed by atoms with van der Waals surface area (Å²) in [6, 6.07) is 15.9. The number of piperidine rings is 1. The molecule has 4 heterocycles. The molecule has 32 heavy (non-hydrogen) atoms. The molecule has 2 aliphatic heterocycles. The molecule has 160 valence electrons. The normalized spacial score (nSPS) is 16.3. The van der Waals surface area contributed by atoms with Crippen LogP contribution in [0.3, 0.4) is 0 Å². The Kier molecular flexibility index (Phi) is 4.18. The van der Waals surface area contributed by atoms with E-state index in [9.17, 15) is 4.79 Å². The quantitative estimate of drug-likeness (QED) is 0.526. The van der Waals surface area contributed by atoms with Gasteiger partial charge in [-0.1, -0.05) is 0 Å². The van der Waals surface area contributed by atoms with Crippen molar-refractivity contribution in [1.82, 2.24) is 19.4 Å². The van der Waals surface area contributed by atoms with Gasteiger partial charge < -0.3 is 19.5 Å². The van der Waals surface area contributed by atoms with Gasteiger partial charge in [0.15, 0.2) is 0 Å². The number of hydrogen-bond acceptors (Lipinski definition) is 5. The van der Waals surface area contributed by atoms with E-state index in [2.05, 4.69) is 44.2 Å². The third-order valence-electron chi connectivity index (χ3n) is 6.70. The van der Waals surface area contributed by atoms with Crippen molar-refractivity contribution in [1.29, 1.82) is 0 Å². The molecule has 6 rings (SSSR count). The lowest BCUT2D eigenvalue weighted by molar-refractivity contribution is 0.0676. The second kappa shape index (κ2) is 7.09. The molecule has 4 aromatic rings. The van der Waals surface area contributed by atoms with Crippen molar-refractivity contribution in [3.05, 3.63) is 78.4 Å². The molecule has 7 nitrogen and oxygen atoms in total. The Labute approximate surface area is 185 Å². The number of benzene rings is 2. The van der Waals surface area contributed by atoms with Gasteiger partial charge in [0.1, 0.15) is 5.75 Å². The van der Waals surface area contributed by atoms with Crippen molar-refractivity contribution < 1.29 is 9.53 Å². The summed E-state index contributed by atoms with van der Waals surface area (Å²) in [5.41, 5.74) is 5.39. The third-order valence-corrected chi connectivity index (χ3v) is 6.70. The highest BCUT2D eigenvalue weighted by molar-refractivity contribution is 5.97. The number of fused-ring (bicyclic) bond motifs is 5. The van der Waals surface area contributed by atoms with Crippen molar-refractivity contribution in [2.75, 3.05) is 25.5 Å². The first kappa shape index (κ1) is 18.9. The monoisotopic (exact) mass is 425 g/mol. The Morgan fingerprint density at radius 2 is 1.84 bits per heavy atom. The van der Waals surface area contributed by atoms with Crippen LogP contribution in [-0.2, 0) is 5.54 Å². The van der Waals surface area contributed by atoms with Crippen LogP contribution in [0.5, 0.6) is 5.75 Å². The molecular weight excluding hydrogens is 402 g/mol. The lowest BCUT2D eigenvalue weighted by Gasteiger charge is -2.46. The van der Waals surface area contributed by atoms with Gasteiger partial charge in [-0.25, -0.2) is 0 Å². The SMILES string of the molecule is COc1ccc2c(c1)NC1(CCN(C(=O)c3ccc4nccnc4c3)CC1)c1cccn1-2. The number of methoxy groups -OCH3 is 1. The fraction of sp³-hybridized carbons (Fsp3) is 0.240. The zero-order valence-electron chi connectivity index (χ0n) is 17.8. The van der Waals surface area contributed by atoms with Crippen molar-refractivity contribution in [2.45, 2.75) is 18.4 Å². The van der Waals surface area contributed by atoms with Crippen LogP contribution in [0, 0.1) is 0 Å². The van der Waals surface area contributed by atoms with Gasteiger partial charge in [-0.3, -0.25) is 14.8 Å². The highest BCUT2D eigenvalue weighted by atomic mass is 16.5. The first-order valence-corrected chi connectivity index (χ1v) is 10.8. The summed E-state index contributed by atoms with van der Waals surface area (Å²) in [5, 5.41) is 3.80. The third kappa shape index (κ3) is 2.85. The number of anilines is 1. The minimum absolute atomic E-state index is 0.0423. The maximum atomic E-state index is 13.2. The molecule has 1 amide bonds. The summed E-state index contributed by atoms with van der Waals surface area (Å²) in [4.78, 5) is 23.8. The van der Waals surface area contributed by atoms with E-state index in [1.807, 2.05) is 35.2 Å². The largest absolute Gasteiger partial charge is 0.497 e. The van der Waals surface area contributed by atoms with Crippen LogP contribution in [0.15, 0.2) is 67.1 Å².